The van der Waals surface area contributed by atoms with Gasteiger partial charge in [0.15, 0.2) is 0 Å². The van der Waals surface area contributed by atoms with E-state index >= 15 is 0 Å². The van der Waals surface area contributed by atoms with Gasteiger partial charge in [-0.2, -0.15) is 0 Å². The number of benzene rings is 4. The van der Waals surface area contributed by atoms with Crippen molar-refractivity contribution in [1.29, 1.82) is 0 Å². The molecule has 5 rings (SSSR count). The highest BCUT2D eigenvalue weighted by molar-refractivity contribution is 5.75. The predicted octanol–water partition coefficient (Wildman–Crippen LogP) is 9.56. The number of para-hydroxylation sites is 2. The largest absolute Gasteiger partial charge is 0.489 e. The van der Waals surface area contributed by atoms with Crippen molar-refractivity contribution in [3.8, 4) is 11.5 Å². The topological polar surface area (TPSA) is 38.8 Å². The minimum atomic E-state index is 0.276. The van der Waals surface area contributed by atoms with Gasteiger partial charge in [0.2, 0.25) is 0 Å². The van der Waals surface area contributed by atoms with E-state index in [1.165, 1.54) is 28.7 Å². The molecule has 4 aromatic rings. The minimum absolute atomic E-state index is 0.276. The number of ether oxygens (including phenoxy) is 2. The van der Waals surface area contributed by atoms with Gasteiger partial charge in [-0.1, -0.05) is 91.0 Å². The van der Waals surface area contributed by atoms with Gasteiger partial charge in [-0.25, -0.2) is 0 Å². The van der Waals surface area contributed by atoms with E-state index in [1.54, 1.807) is 6.92 Å². The summed E-state index contributed by atoms with van der Waals surface area (Å²) in [6.45, 7) is 10.9. The zero-order chi connectivity index (χ0) is 31.4. The van der Waals surface area contributed by atoms with Gasteiger partial charge >= 0.3 is 0 Å². The standard InChI is InChI=1S/C41H47NO3/c1-31(2)36-23-24-39-37(28-36)14-11-17-40(39)42(26-10-9-12-32(3)43)27-25-35-13-7-8-18-41(35)45-30-34-21-19-33(20-22-34)29-44-38-15-5-4-6-16-38/h4-8,13,15-16,18-24,28,40H,1,9-12,14,17,25-27,29-30H2,2-3H3. The number of allylic oxidation sites excluding steroid dienone is 1. The Morgan fingerprint density at radius 1 is 0.822 bits per heavy atom. The van der Waals surface area contributed by atoms with Gasteiger partial charge in [-0.05, 0) is 110 Å². The number of carbonyl (C=O) groups is 1. The predicted molar refractivity (Wildman–Crippen MR) is 185 cm³/mol. The molecule has 0 aromatic heterocycles. The fourth-order valence-corrected chi connectivity index (χ4v) is 6.24. The molecule has 1 aliphatic rings. The molecule has 0 fully saturated rings. The van der Waals surface area contributed by atoms with Crippen LogP contribution in [-0.4, -0.2) is 23.8 Å². The van der Waals surface area contributed by atoms with Gasteiger partial charge in [-0.3, -0.25) is 4.90 Å². The van der Waals surface area contributed by atoms with Crippen LogP contribution in [0, 0.1) is 0 Å². The van der Waals surface area contributed by atoms with Crippen molar-refractivity contribution >= 4 is 11.4 Å². The number of rotatable bonds is 16. The molecule has 0 heterocycles. The lowest BCUT2D eigenvalue weighted by molar-refractivity contribution is -0.117. The summed E-state index contributed by atoms with van der Waals surface area (Å²) in [6, 6.07) is 34.1. The van der Waals surface area contributed by atoms with Gasteiger partial charge in [0.25, 0.3) is 0 Å². The van der Waals surface area contributed by atoms with Gasteiger partial charge in [0.1, 0.15) is 30.5 Å². The number of hydrogen-bond acceptors (Lipinski definition) is 4. The molecule has 234 valence electrons. The Balaban J connectivity index is 1.22. The Morgan fingerprint density at radius 3 is 2.27 bits per heavy atom. The van der Waals surface area contributed by atoms with Crippen molar-refractivity contribution in [3.63, 3.8) is 0 Å². The quantitative estimate of drug-likeness (QED) is 0.120. The van der Waals surface area contributed by atoms with Crippen LogP contribution in [0.2, 0.25) is 0 Å². The van der Waals surface area contributed by atoms with Gasteiger partial charge < -0.3 is 14.3 Å². The maximum Gasteiger partial charge on any atom is 0.129 e. The Kier molecular flexibility index (Phi) is 11.6. The molecule has 1 atom stereocenters. The summed E-state index contributed by atoms with van der Waals surface area (Å²) >= 11 is 0. The van der Waals surface area contributed by atoms with E-state index < -0.39 is 0 Å². The first kappa shape index (κ1) is 32.2. The highest BCUT2D eigenvalue weighted by Crippen LogP contribution is 2.36. The van der Waals surface area contributed by atoms with Crippen LogP contribution >= 0.6 is 0 Å². The second kappa shape index (κ2) is 16.2. The Hall–Kier alpha value is -4.15. The normalized spacial score (nSPS) is 14.2. The summed E-state index contributed by atoms with van der Waals surface area (Å²) in [5.41, 5.74) is 8.77. The van der Waals surface area contributed by atoms with Gasteiger partial charge in [0, 0.05) is 19.0 Å². The third kappa shape index (κ3) is 9.42. The second-order valence-electron chi connectivity index (χ2n) is 12.4. The van der Waals surface area contributed by atoms with Crippen LogP contribution in [0.25, 0.3) is 5.57 Å². The smallest absolute Gasteiger partial charge is 0.129 e. The summed E-state index contributed by atoms with van der Waals surface area (Å²) < 4.78 is 12.3. The van der Waals surface area contributed by atoms with Crippen LogP contribution in [-0.2, 0) is 30.8 Å². The molecule has 0 spiro atoms. The summed E-state index contributed by atoms with van der Waals surface area (Å²) in [5, 5.41) is 0. The third-order valence-corrected chi connectivity index (χ3v) is 8.79. The van der Waals surface area contributed by atoms with E-state index in [0.29, 0.717) is 25.7 Å². The molecule has 0 amide bonds. The third-order valence-electron chi connectivity index (χ3n) is 8.79. The number of unbranched alkanes of at least 4 members (excludes halogenated alkanes) is 1. The van der Waals surface area contributed by atoms with Crippen molar-refractivity contribution in [1.82, 2.24) is 4.90 Å². The van der Waals surface area contributed by atoms with E-state index in [2.05, 4.69) is 85.1 Å². The van der Waals surface area contributed by atoms with Crippen LogP contribution in [0.15, 0.2) is 104 Å². The van der Waals surface area contributed by atoms with Crippen LogP contribution < -0.4 is 9.47 Å². The molecular formula is C41H47NO3. The number of Topliss-reactive ketones (excluding diaryl/α,β-unsaturated/α-hetero) is 1. The zero-order valence-corrected chi connectivity index (χ0v) is 27.0. The Morgan fingerprint density at radius 2 is 1.53 bits per heavy atom. The Labute approximate surface area is 269 Å². The average Bonchev–Trinajstić information content (AvgIpc) is 3.07. The number of ketones is 1. The Bertz CT molecular complexity index is 1540. The maximum absolute atomic E-state index is 11.6. The number of carbonyl (C=O) groups excluding carboxylic acids is 1. The van der Waals surface area contributed by atoms with Gasteiger partial charge in [0.05, 0.1) is 0 Å². The van der Waals surface area contributed by atoms with E-state index in [9.17, 15) is 4.79 Å². The lowest BCUT2D eigenvalue weighted by Gasteiger charge is -2.36. The molecular weight excluding hydrogens is 554 g/mol. The van der Waals surface area contributed by atoms with Crippen molar-refractivity contribution in [2.45, 2.75) is 78.0 Å². The molecule has 1 unspecified atom stereocenters. The summed E-state index contributed by atoms with van der Waals surface area (Å²) in [4.78, 5) is 14.3. The summed E-state index contributed by atoms with van der Waals surface area (Å²) in [5.74, 6) is 2.10. The molecule has 0 N–H and O–H groups in total. The first-order valence-corrected chi connectivity index (χ1v) is 16.4. The molecule has 45 heavy (non-hydrogen) atoms. The first-order chi connectivity index (χ1) is 22.0. The van der Waals surface area contributed by atoms with E-state index in [1.807, 2.05) is 30.3 Å². The molecule has 4 nitrogen and oxygen atoms in total. The number of nitrogens with zero attached hydrogens (tertiary/aromatic N) is 1. The first-order valence-electron chi connectivity index (χ1n) is 16.4. The zero-order valence-electron chi connectivity index (χ0n) is 27.0. The molecule has 4 heteroatoms. The van der Waals surface area contributed by atoms with E-state index in [-0.39, 0.29) is 5.78 Å². The fourth-order valence-electron chi connectivity index (χ4n) is 6.24. The van der Waals surface area contributed by atoms with E-state index in [4.69, 9.17) is 9.47 Å². The number of aryl methyl sites for hydroxylation is 1. The molecule has 0 saturated carbocycles. The highest BCUT2D eigenvalue weighted by Gasteiger charge is 2.26. The van der Waals surface area contributed by atoms with Crippen LogP contribution in [0.5, 0.6) is 11.5 Å². The SMILES string of the molecule is C=C(C)c1ccc2c(c1)CCCC2N(CCCCC(C)=O)CCc1ccccc1OCc1ccc(COc2ccccc2)cc1. The minimum Gasteiger partial charge on any atom is -0.489 e. The van der Waals surface area contributed by atoms with Crippen molar-refractivity contribution in [2.75, 3.05) is 13.1 Å². The highest BCUT2D eigenvalue weighted by atomic mass is 16.5. The molecule has 1 aliphatic carbocycles. The average molecular weight is 602 g/mol. The molecule has 0 bridgehead atoms. The monoisotopic (exact) mass is 601 g/mol. The lowest BCUT2D eigenvalue weighted by atomic mass is 9.84. The molecule has 0 saturated heterocycles. The lowest BCUT2D eigenvalue weighted by Crippen LogP contribution is -2.34. The number of hydrogen-bond donors (Lipinski definition) is 0. The van der Waals surface area contributed by atoms with Crippen LogP contribution in [0.4, 0.5) is 0 Å². The molecule has 0 radical (unpaired) electrons. The van der Waals surface area contributed by atoms with Crippen molar-refractivity contribution in [3.05, 3.63) is 137 Å². The van der Waals surface area contributed by atoms with E-state index in [0.717, 1.165) is 73.4 Å². The number of fused-ring (bicyclic) bond motifs is 1. The van der Waals surface area contributed by atoms with Crippen LogP contribution in [0.3, 0.4) is 0 Å². The van der Waals surface area contributed by atoms with Crippen molar-refractivity contribution < 1.29 is 14.3 Å². The summed E-state index contributed by atoms with van der Waals surface area (Å²) in [6.07, 6.45) is 7.03. The summed E-state index contributed by atoms with van der Waals surface area (Å²) in [7, 11) is 0. The molecule has 0 aliphatic heterocycles. The second-order valence-corrected chi connectivity index (χ2v) is 12.4. The van der Waals surface area contributed by atoms with Crippen LogP contribution in [0.1, 0.15) is 85.4 Å². The van der Waals surface area contributed by atoms with Crippen molar-refractivity contribution in [2.24, 2.45) is 0 Å². The fraction of sp³-hybridized carbons (Fsp3) is 0.341. The molecule has 4 aromatic carbocycles. The maximum atomic E-state index is 11.6. The van der Waals surface area contributed by atoms with Gasteiger partial charge in [-0.15, -0.1) is 0 Å².